The van der Waals surface area contributed by atoms with Gasteiger partial charge in [0, 0.05) is 16.1 Å². The molecule has 2 aromatic carbocycles. The largest absolute Gasteiger partial charge is 0.359 e. The zero-order chi connectivity index (χ0) is 17.2. The lowest BCUT2D eigenvalue weighted by molar-refractivity contribution is 0.0494. The molecule has 1 aliphatic rings. The molecule has 4 rings (SSSR count). The number of carbonyl (C=O) groups is 2. The average molecular weight is 349 g/mol. The molecule has 1 aliphatic heterocycles. The number of thiophene rings is 1. The van der Waals surface area contributed by atoms with Crippen molar-refractivity contribution in [2.24, 2.45) is 0 Å². The van der Waals surface area contributed by atoms with E-state index in [2.05, 4.69) is 10.7 Å². The van der Waals surface area contributed by atoms with Crippen molar-refractivity contribution in [2.45, 2.75) is 6.17 Å². The van der Waals surface area contributed by atoms with E-state index in [1.54, 1.807) is 36.4 Å². The maximum Gasteiger partial charge on any atom is 0.276 e. The molecule has 25 heavy (non-hydrogen) atoms. The Balaban J connectivity index is 1.70. The normalized spacial score (nSPS) is 16.1. The van der Waals surface area contributed by atoms with Crippen LogP contribution < -0.4 is 10.7 Å². The van der Waals surface area contributed by atoms with Crippen molar-refractivity contribution in [3.63, 3.8) is 0 Å². The van der Waals surface area contributed by atoms with Crippen molar-refractivity contribution in [3.05, 3.63) is 88.1 Å². The second-order valence-electron chi connectivity index (χ2n) is 5.59. The minimum atomic E-state index is -0.449. The molecule has 1 atom stereocenters. The Labute approximate surface area is 148 Å². The smallest absolute Gasteiger partial charge is 0.276 e. The van der Waals surface area contributed by atoms with E-state index in [4.69, 9.17) is 0 Å². The number of fused-ring (bicyclic) bond motifs is 1. The first-order valence-corrected chi connectivity index (χ1v) is 8.70. The van der Waals surface area contributed by atoms with E-state index in [0.717, 1.165) is 10.6 Å². The van der Waals surface area contributed by atoms with Crippen LogP contribution in [0, 0.1) is 0 Å². The molecule has 2 N–H and O–H groups in total. The summed E-state index contributed by atoms with van der Waals surface area (Å²) in [6.07, 6.45) is -0.449. The van der Waals surface area contributed by atoms with Crippen molar-refractivity contribution in [1.29, 1.82) is 0 Å². The van der Waals surface area contributed by atoms with Crippen LogP contribution >= 0.6 is 11.3 Å². The van der Waals surface area contributed by atoms with Crippen LogP contribution in [0.2, 0.25) is 0 Å². The number of hydrogen-bond donors (Lipinski definition) is 2. The van der Waals surface area contributed by atoms with Gasteiger partial charge in [0.15, 0.2) is 6.17 Å². The van der Waals surface area contributed by atoms with Crippen LogP contribution in [-0.2, 0) is 0 Å². The lowest BCUT2D eigenvalue weighted by atomic mass is 10.1. The van der Waals surface area contributed by atoms with E-state index in [-0.39, 0.29) is 11.8 Å². The van der Waals surface area contributed by atoms with E-state index in [1.807, 2.05) is 35.7 Å². The lowest BCUT2D eigenvalue weighted by Crippen LogP contribution is -2.52. The summed E-state index contributed by atoms with van der Waals surface area (Å²) in [6, 6.07) is 20.0. The molecule has 0 bridgehead atoms. The summed E-state index contributed by atoms with van der Waals surface area (Å²) < 4.78 is 0. The predicted molar refractivity (Wildman–Crippen MR) is 97.2 cm³/mol. The molecule has 0 fully saturated rings. The molecule has 6 heteroatoms. The minimum Gasteiger partial charge on any atom is -0.359 e. The van der Waals surface area contributed by atoms with Crippen LogP contribution in [0.1, 0.15) is 31.8 Å². The first-order valence-electron chi connectivity index (χ1n) is 7.82. The van der Waals surface area contributed by atoms with Crippen LogP contribution in [0.15, 0.2) is 72.1 Å². The molecule has 2 heterocycles. The average Bonchev–Trinajstić information content (AvgIpc) is 3.19. The lowest BCUT2D eigenvalue weighted by Gasteiger charge is -2.37. The zero-order valence-corrected chi connectivity index (χ0v) is 14.0. The maximum absolute atomic E-state index is 13.0. The Morgan fingerprint density at radius 2 is 1.76 bits per heavy atom. The van der Waals surface area contributed by atoms with Gasteiger partial charge >= 0.3 is 0 Å². The number of amides is 2. The first-order chi connectivity index (χ1) is 12.2. The molecule has 0 radical (unpaired) electrons. The molecular formula is C19H15N3O2S. The molecule has 0 spiro atoms. The number of para-hydroxylation sites is 1. The van der Waals surface area contributed by atoms with Crippen molar-refractivity contribution in [2.75, 3.05) is 5.32 Å². The number of rotatable bonds is 3. The van der Waals surface area contributed by atoms with Crippen LogP contribution in [0.5, 0.6) is 0 Å². The van der Waals surface area contributed by atoms with Crippen LogP contribution in [0.25, 0.3) is 0 Å². The van der Waals surface area contributed by atoms with Crippen LogP contribution in [0.3, 0.4) is 0 Å². The van der Waals surface area contributed by atoms with Gasteiger partial charge < -0.3 is 5.32 Å². The molecule has 1 aromatic heterocycles. The van der Waals surface area contributed by atoms with Gasteiger partial charge in [0.2, 0.25) is 0 Å². The summed E-state index contributed by atoms with van der Waals surface area (Å²) in [6.45, 7) is 0. The van der Waals surface area contributed by atoms with E-state index in [0.29, 0.717) is 11.1 Å². The van der Waals surface area contributed by atoms with Gasteiger partial charge in [-0.25, -0.2) is 5.01 Å². The molecule has 0 saturated heterocycles. The van der Waals surface area contributed by atoms with Crippen molar-refractivity contribution in [1.82, 2.24) is 10.4 Å². The number of anilines is 1. The fourth-order valence-electron chi connectivity index (χ4n) is 2.78. The number of hydrogen-bond acceptors (Lipinski definition) is 4. The third kappa shape index (κ3) is 2.88. The highest BCUT2D eigenvalue weighted by Crippen LogP contribution is 2.33. The Hall–Kier alpha value is -3.12. The monoisotopic (exact) mass is 349 g/mol. The number of nitrogens with one attached hydrogen (secondary N) is 2. The van der Waals surface area contributed by atoms with Crippen molar-refractivity contribution < 1.29 is 9.59 Å². The molecule has 5 nitrogen and oxygen atoms in total. The van der Waals surface area contributed by atoms with Gasteiger partial charge in [0.25, 0.3) is 11.8 Å². The molecular weight excluding hydrogens is 334 g/mol. The molecule has 124 valence electrons. The fraction of sp³-hybridized carbons (Fsp3) is 0.0526. The predicted octanol–water partition coefficient (Wildman–Crippen LogP) is 3.66. The number of benzene rings is 2. The van der Waals surface area contributed by atoms with E-state index in [9.17, 15) is 9.59 Å². The van der Waals surface area contributed by atoms with Gasteiger partial charge in [-0.15, -0.1) is 11.3 Å². The molecule has 3 aromatic rings. The van der Waals surface area contributed by atoms with Crippen molar-refractivity contribution >= 4 is 28.8 Å². The molecule has 1 unspecified atom stereocenters. The van der Waals surface area contributed by atoms with Gasteiger partial charge in [0.05, 0.1) is 5.56 Å². The number of nitrogens with zero attached hydrogens (tertiary/aromatic N) is 1. The number of hydrazine groups is 1. The summed E-state index contributed by atoms with van der Waals surface area (Å²) >= 11 is 1.53. The zero-order valence-electron chi connectivity index (χ0n) is 13.2. The Bertz CT molecular complexity index is 909. The summed E-state index contributed by atoms with van der Waals surface area (Å²) in [5.74, 6) is -0.561. The minimum absolute atomic E-state index is 0.239. The summed E-state index contributed by atoms with van der Waals surface area (Å²) in [5, 5.41) is 6.65. The van der Waals surface area contributed by atoms with Crippen LogP contribution in [-0.4, -0.2) is 16.8 Å². The third-order valence-electron chi connectivity index (χ3n) is 4.00. The quantitative estimate of drug-likeness (QED) is 0.759. The summed E-state index contributed by atoms with van der Waals surface area (Å²) in [4.78, 5) is 26.5. The number of carbonyl (C=O) groups excluding carboxylic acids is 2. The third-order valence-corrected chi connectivity index (χ3v) is 4.92. The van der Waals surface area contributed by atoms with Gasteiger partial charge in [0.1, 0.15) is 0 Å². The Morgan fingerprint density at radius 3 is 2.52 bits per heavy atom. The van der Waals surface area contributed by atoms with Crippen LogP contribution in [0.4, 0.5) is 5.69 Å². The summed E-state index contributed by atoms with van der Waals surface area (Å²) in [5.41, 5.74) is 4.54. The second kappa shape index (κ2) is 6.41. The maximum atomic E-state index is 13.0. The molecule has 0 aliphatic carbocycles. The highest BCUT2D eigenvalue weighted by Gasteiger charge is 2.34. The van der Waals surface area contributed by atoms with E-state index in [1.165, 1.54) is 16.3 Å². The fourth-order valence-corrected chi connectivity index (χ4v) is 3.54. The van der Waals surface area contributed by atoms with Crippen molar-refractivity contribution in [3.8, 4) is 0 Å². The SMILES string of the molecule is O=C(NN1C(=O)c2ccccc2NC1c1cccs1)c1ccccc1. The van der Waals surface area contributed by atoms with Gasteiger partial charge in [-0.2, -0.15) is 0 Å². The molecule has 0 saturated carbocycles. The summed E-state index contributed by atoms with van der Waals surface area (Å²) in [7, 11) is 0. The Morgan fingerprint density at radius 1 is 1.00 bits per heavy atom. The first kappa shape index (κ1) is 15.4. The van der Waals surface area contributed by atoms with Gasteiger partial charge in [-0.1, -0.05) is 36.4 Å². The highest BCUT2D eigenvalue weighted by atomic mass is 32.1. The van der Waals surface area contributed by atoms with Gasteiger partial charge in [-0.3, -0.25) is 15.0 Å². The second-order valence-corrected chi connectivity index (χ2v) is 6.57. The van der Waals surface area contributed by atoms with E-state index < -0.39 is 6.17 Å². The standard InChI is InChI=1S/C19H15N3O2S/c23-18(13-7-2-1-3-8-13)21-22-17(16-11-6-12-25-16)20-15-10-5-4-9-14(15)19(22)24/h1-12,17,20H,(H,21,23). The topological polar surface area (TPSA) is 61.4 Å². The highest BCUT2D eigenvalue weighted by molar-refractivity contribution is 7.10. The Kier molecular flexibility index (Phi) is 3.95. The molecule has 2 amide bonds. The van der Waals surface area contributed by atoms with Gasteiger partial charge in [-0.05, 0) is 35.7 Å². The van der Waals surface area contributed by atoms with E-state index >= 15 is 0 Å².